The van der Waals surface area contributed by atoms with Gasteiger partial charge in [0, 0.05) is 44.2 Å². The highest BCUT2D eigenvalue weighted by Crippen LogP contribution is 2.62. The quantitative estimate of drug-likeness (QED) is 0.0396. The van der Waals surface area contributed by atoms with Gasteiger partial charge in [0.15, 0.2) is 0 Å². The summed E-state index contributed by atoms with van der Waals surface area (Å²) < 4.78 is 26.4. The molecule has 6 atom stereocenters. The average Bonchev–Trinajstić information content (AvgIpc) is 3.31. The van der Waals surface area contributed by atoms with Gasteiger partial charge in [-0.2, -0.15) is 0 Å². The Morgan fingerprint density at radius 2 is 1.60 bits per heavy atom. The van der Waals surface area contributed by atoms with Crippen LogP contribution in [0.15, 0.2) is 78.0 Å². The third-order valence-corrected chi connectivity index (χ3v) is 13.2. The zero-order valence-electron chi connectivity index (χ0n) is 39.7. The molecule has 2 aromatic rings. The van der Waals surface area contributed by atoms with E-state index in [1.165, 1.54) is 44.9 Å². The topological polar surface area (TPSA) is 148 Å². The predicted octanol–water partition coefficient (Wildman–Crippen LogP) is 11.4. The standard InChI is InChI=1S/C53H79N3O9/c1-5-9-10-11-12-13-14-15-16-24-35-61-52(60)56(31-6-2)48-38-46(55-63-39-40-25-18-17-19-26-40)44-36-41(27-20-22-32-57)43(28-21-23-33-58)49-45-37-42(64-51(59)54-8-4)29-30-47(45)65-53(48,50(44)49)62-34-7-3/h7,17-19,25-26,29-30,36-37,41,43,48-50,57-58H,3,5-6,8-16,20-24,27-28,31-35,38-39H2,1-2,4H3,(H,54,59). The number of nitrogens with one attached hydrogen (secondary N) is 1. The van der Waals surface area contributed by atoms with Crippen LogP contribution in [0.4, 0.5) is 9.59 Å². The number of hydrogen-bond donors (Lipinski definition) is 3. The molecule has 0 saturated heterocycles. The molecule has 65 heavy (non-hydrogen) atoms. The summed E-state index contributed by atoms with van der Waals surface area (Å²) in [5, 5.41) is 27.6. The summed E-state index contributed by atoms with van der Waals surface area (Å²) in [6.45, 7) is 11.9. The van der Waals surface area contributed by atoms with E-state index in [0.29, 0.717) is 56.2 Å². The van der Waals surface area contributed by atoms with Crippen molar-refractivity contribution >= 4 is 17.9 Å². The van der Waals surface area contributed by atoms with Crippen molar-refractivity contribution in [1.29, 1.82) is 0 Å². The summed E-state index contributed by atoms with van der Waals surface area (Å²) in [7, 11) is 0. The van der Waals surface area contributed by atoms with E-state index >= 15 is 0 Å². The Balaban J connectivity index is 1.59. The van der Waals surface area contributed by atoms with E-state index in [-0.39, 0.29) is 50.6 Å². The number of oxime groups is 1. The number of carbonyl (C=O) groups excluding carboxylic acids is 2. The summed E-state index contributed by atoms with van der Waals surface area (Å²) in [5.74, 6) is -1.11. The molecule has 0 spiro atoms. The minimum Gasteiger partial charge on any atom is -0.459 e. The molecule has 0 bridgehead atoms. The molecule has 6 unspecified atom stereocenters. The van der Waals surface area contributed by atoms with Crippen LogP contribution in [0.1, 0.15) is 153 Å². The monoisotopic (exact) mass is 902 g/mol. The molecular formula is C53H79N3O9. The van der Waals surface area contributed by atoms with Gasteiger partial charge in [-0.15, -0.1) is 6.58 Å². The van der Waals surface area contributed by atoms with E-state index in [2.05, 4.69) is 31.8 Å². The van der Waals surface area contributed by atoms with Crippen LogP contribution < -0.4 is 14.8 Å². The number of unbranched alkanes of at least 4 members (excludes halogenated alkanes) is 11. The number of aliphatic hydroxyl groups excluding tert-OH is 2. The Hall–Kier alpha value is -4.39. The highest BCUT2D eigenvalue weighted by atomic mass is 16.7. The van der Waals surface area contributed by atoms with Crippen molar-refractivity contribution < 1.29 is 43.6 Å². The zero-order chi connectivity index (χ0) is 46.3. The van der Waals surface area contributed by atoms with Crippen molar-refractivity contribution in [1.82, 2.24) is 10.2 Å². The van der Waals surface area contributed by atoms with E-state index < -0.39 is 29.9 Å². The van der Waals surface area contributed by atoms with Crippen LogP contribution in [-0.2, 0) is 20.9 Å². The lowest BCUT2D eigenvalue weighted by Crippen LogP contribution is -2.70. The van der Waals surface area contributed by atoms with Gasteiger partial charge in [-0.1, -0.05) is 132 Å². The number of amides is 2. The lowest BCUT2D eigenvalue weighted by atomic mass is 9.55. The minimum atomic E-state index is -1.41. The molecule has 360 valence electrons. The van der Waals surface area contributed by atoms with Crippen LogP contribution >= 0.6 is 0 Å². The van der Waals surface area contributed by atoms with Crippen LogP contribution in [-0.4, -0.2) is 84.4 Å². The van der Waals surface area contributed by atoms with E-state index in [0.717, 1.165) is 61.6 Å². The van der Waals surface area contributed by atoms with Gasteiger partial charge >= 0.3 is 12.2 Å². The Labute approximate surface area is 389 Å². The number of rotatable bonds is 30. The number of aliphatic hydroxyl groups is 2. The highest BCUT2D eigenvalue weighted by molar-refractivity contribution is 6.03. The van der Waals surface area contributed by atoms with Gasteiger partial charge in [0.2, 0.25) is 5.79 Å². The number of nitrogens with zero attached hydrogens (tertiary/aromatic N) is 2. The lowest BCUT2D eigenvalue weighted by Gasteiger charge is -2.59. The largest absolute Gasteiger partial charge is 0.459 e. The second-order valence-corrected chi connectivity index (χ2v) is 17.9. The van der Waals surface area contributed by atoms with Gasteiger partial charge in [-0.25, -0.2) is 9.59 Å². The Bertz CT molecular complexity index is 1800. The molecule has 0 radical (unpaired) electrons. The van der Waals surface area contributed by atoms with Crippen LogP contribution in [0.25, 0.3) is 0 Å². The smallest absolute Gasteiger partial charge is 0.412 e. The lowest BCUT2D eigenvalue weighted by molar-refractivity contribution is -0.255. The first-order valence-corrected chi connectivity index (χ1v) is 25.0. The number of carbonyl (C=O) groups is 2. The van der Waals surface area contributed by atoms with Gasteiger partial charge < -0.3 is 39.3 Å². The van der Waals surface area contributed by atoms with Gasteiger partial charge in [0.25, 0.3) is 0 Å². The zero-order valence-corrected chi connectivity index (χ0v) is 39.7. The minimum absolute atomic E-state index is 0.0243. The van der Waals surface area contributed by atoms with Gasteiger partial charge in [-0.05, 0) is 86.6 Å². The Morgan fingerprint density at radius 3 is 2.28 bits per heavy atom. The third-order valence-electron chi connectivity index (χ3n) is 13.2. The van der Waals surface area contributed by atoms with Crippen molar-refractivity contribution in [2.75, 3.05) is 39.5 Å². The molecule has 3 aliphatic rings. The fourth-order valence-corrected chi connectivity index (χ4v) is 10.2. The molecule has 1 heterocycles. The van der Waals surface area contributed by atoms with Crippen LogP contribution in [0.5, 0.6) is 11.5 Å². The summed E-state index contributed by atoms with van der Waals surface area (Å²) in [6.07, 6.45) is 20.4. The summed E-state index contributed by atoms with van der Waals surface area (Å²) >= 11 is 0. The fraction of sp³-hybridized carbons (Fsp3) is 0.642. The van der Waals surface area contributed by atoms with Crippen LogP contribution in [0, 0.1) is 17.8 Å². The second-order valence-electron chi connectivity index (χ2n) is 17.9. The number of fused-ring (bicyclic) bond motifs is 2. The van der Waals surface area contributed by atoms with E-state index in [4.69, 9.17) is 28.9 Å². The van der Waals surface area contributed by atoms with Gasteiger partial charge in [0.1, 0.15) is 24.1 Å². The van der Waals surface area contributed by atoms with Crippen molar-refractivity contribution in [3.63, 3.8) is 0 Å². The fourth-order valence-electron chi connectivity index (χ4n) is 10.2. The molecule has 2 aromatic carbocycles. The van der Waals surface area contributed by atoms with Gasteiger partial charge in [0.05, 0.1) is 24.8 Å². The highest BCUT2D eigenvalue weighted by Gasteiger charge is 2.65. The Morgan fingerprint density at radius 1 is 0.892 bits per heavy atom. The first-order chi connectivity index (χ1) is 31.8. The number of ether oxygens (including phenoxy) is 4. The molecule has 3 N–H and O–H groups in total. The maximum Gasteiger partial charge on any atom is 0.412 e. The van der Waals surface area contributed by atoms with E-state index in [1.807, 2.05) is 49.4 Å². The van der Waals surface area contributed by atoms with Crippen molar-refractivity contribution in [3.05, 3.63) is 84.0 Å². The Kier molecular flexibility index (Phi) is 22.2. The summed E-state index contributed by atoms with van der Waals surface area (Å²) in [6, 6.07) is 14.7. The van der Waals surface area contributed by atoms with Crippen molar-refractivity contribution in [2.24, 2.45) is 22.9 Å². The molecule has 0 aromatic heterocycles. The molecule has 1 aliphatic heterocycles. The molecule has 12 heteroatoms. The third kappa shape index (κ3) is 14.3. The summed E-state index contributed by atoms with van der Waals surface area (Å²) in [4.78, 5) is 35.4. The molecule has 2 aliphatic carbocycles. The van der Waals surface area contributed by atoms with Crippen molar-refractivity contribution in [2.45, 2.75) is 161 Å². The van der Waals surface area contributed by atoms with Crippen LogP contribution in [0.2, 0.25) is 0 Å². The number of hydrogen-bond acceptors (Lipinski definition) is 10. The first-order valence-electron chi connectivity index (χ1n) is 25.0. The molecule has 1 saturated carbocycles. The second kappa shape index (κ2) is 27.9. The first kappa shape index (κ1) is 51.6. The molecule has 5 rings (SSSR count). The maximum atomic E-state index is 14.6. The molecule has 12 nitrogen and oxygen atoms in total. The molecule has 1 fully saturated rings. The molecular weight excluding hydrogens is 823 g/mol. The maximum absolute atomic E-state index is 14.6. The van der Waals surface area contributed by atoms with Gasteiger partial charge in [-0.3, -0.25) is 4.90 Å². The molecule has 2 amide bonds. The predicted molar refractivity (Wildman–Crippen MR) is 256 cm³/mol. The normalized spacial score (nSPS) is 22.5. The number of benzene rings is 2. The number of allylic oxidation sites excluding steroid dienone is 1. The van der Waals surface area contributed by atoms with E-state index in [1.54, 1.807) is 17.0 Å². The SMILES string of the molecule is C=CCOC12Oc3ccc(OC(=O)NCC)cc3C3C(CCCCO)C(CCCCO)C=C(C(=NOCc4ccccc4)CC1N(CCC)C(=O)OCCCCCCCCCCCC)C32. The van der Waals surface area contributed by atoms with Crippen molar-refractivity contribution in [3.8, 4) is 11.5 Å². The average molecular weight is 902 g/mol. The van der Waals surface area contributed by atoms with E-state index in [9.17, 15) is 19.8 Å². The van der Waals surface area contributed by atoms with Crippen LogP contribution in [0.3, 0.4) is 0 Å². The summed E-state index contributed by atoms with van der Waals surface area (Å²) in [5.41, 5.74) is 3.50.